The number of rotatable bonds is 16. The van der Waals surface area contributed by atoms with Crippen LogP contribution in [0.5, 0.6) is 0 Å². The maximum Gasteiger partial charge on any atom is 0.0701 e. The van der Waals surface area contributed by atoms with Gasteiger partial charge in [-0.15, -0.1) is 0 Å². The molecule has 0 bridgehead atoms. The van der Waals surface area contributed by atoms with Crippen LogP contribution in [0.4, 0.5) is 0 Å². The molecule has 6 heteroatoms. The molecule has 0 aromatic heterocycles. The molecule has 0 spiro atoms. The van der Waals surface area contributed by atoms with Crippen LogP contribution in [0.15, 0.2) is 0 Å². The summed E-state index contributed by atoms with van der Waals surface area (Å²) >= 11 is 0. The normalized spacial score (nSPS) is 11.4. The van der Waals surface area contributed by atoms with Gasteiger partial charge in [0.05, 0.1) is 66.1 Å². The molecule has 0 fully saturated rings. The van der Waals surface area contributed by atoms with Gasteiger partial charge in [-0.2, -0.15) is 0 Å². The lowest BCUT2D eigenvalue weighted by Gasteiger charge is -2.13. The third kappa shape index (κ3) is 15.8. The van der Waals surface area contributed by atoms with Gasteiger partial charge in [0.15, 0.2) is 0 Å². The van der Waals surface area contributed by atoms with Crippen LogP contribution >= 0.6 is 0 Å². The number of ether oxygens (including phenoxy) is 6. The van der Waals surface area contributed by atoms with E-state index in [0.717, 1.165) is 0 Å². The molecule has 0 aliphatic carbocycles. The van der Waals surface area contributed by atoms with E-state index < -0.39 is 0 Å². The molecule has 0 aliphatic heterocycles. The molecule has 0 aliphatic rings. The third-order valence-electron chi connectivity index (χ3n) is 2.41. The van der Waals surface area contributed by atoms with Gasteiger partial charge in [0.1, 0.15) is 0 Å². The Bertz CT molecular complexity index is 161. The van der Waals surface area contributed by atoms with Crippen molar-refractivity contribution in [2.75, 3.05) is 80.3 Å². The second-order valence-electron chi connectivity index (χ2n) is 4.47. The summed E-state index contributed by atoms with van der Waals surface area (Å²) in [5.74, 6) is 0.368. The molecule has 0 aromatic carbocycles. The highest BCUT2D eigenvalue weighted by Crippen LogP contribution is 1.97. The quantitative estimate of drug-likeness (QED) is 0.396. The Labute approximate surface area is 122 Å². The predicted octanol–water partition coefficient (Wildman–Crippen LogP) is 0.982. The first-order valence-electron chi connectivity index (χ1n) is 7.10. The number of hydrogen-bond acceptors (Lipinski definition) is 6. The average Bonchev–Trinajstić information content (AvgIpc) is 2.45. The summed E-state index contributed by atoms with van der Waals surface area (Å²) in [6, 6.07) is 0. The minimum atomic E-state index is 0.368. The van der Waals surface area contributed by atoms with Crippen molar-refractivity contribution in [2.24, 2.45) is 5.92 Å². The molecule has 0 unspecified atom stereocenters. The number of methoxy groups -OCH3 is 2. The van der Waals surface area contributed by atoms with Gasteiger partial charge < -0.3 is 28.4 Å². The van der Waals surface area contributed by atoms with E-state index in [1.54, 1.807) is 14.2 Å². The first kappa shape index (κ1) is 19.8. The van der Waals surface area contributed by atoms with E-state index in [0.29, 0.717) is 72.0 Å². The van der Waals surface area contributed by atoms with Crippen LogP contribution < -0.4 is 0 Å². The smallest absolute Gasteiger partial charge is 0.0701 e. The van der Waals surface area contributed by atoms with E-state index in [1.165, 1.54) is 0 Å². The van der Waals surface area contributed by atoms with E-state index in [4.69, 9.17) is 28.4 Å². The first-order chi connectivity index (χ1) is 9.81. The number of hydrogen-bond donors (Lipinski definition) is 0. The van der Waals surface area contributed by atoms with E-state index in [-0.39, 0.29) is 0 Å². The summed E-state index contributed by atoms with van der Waals surface area (Å²) in [6.07, 6.45) is 0. The Kier molecular flexibility index (Phi) is 16.6. The van der Waals surface area contributed by atoms with Crippen molar-refractivity contribution in [2.45, 2.75) is 6.92 Å². The van der Waals surface area contributed by atoms with Gasteiger partial charge >= 0.3 is 0 Å². The molecule has 0 atom stereocenters. The van der Waals surface area contributed by atoms with Crippen LogP contribution in [0.2, 0.25) is 0 Å². The van der Waals surface area contributed by atoms with E-state index >= 15 is 0 Å². The van der Waals surface area contributed by atoms with Gasteiger partial charge in [-0.05, 0) is 0 Å². The molecule has 0 amide bonds. The molecule has 122 valence electrons. The zero-order chi connectivity index (χ0) is 14.9. The largest absolute Gasteiger partial charge is 0.382 e. The van der Waals surface area contributed by atoms with Crippen molar-refractivity contribution in [1.82, 2.24) is 0 Å². The monoisotopic (exact) mass is 294 g/mol. The lowest BCUT2D eigenvalue weighted by Crippen LogP contribution is -2.17. The Hall–Kier alpha value is -0.240. The van der Waals surface area contributed by atoms with E-state index in [9.17, 15) is 0 Å². The highest BCUT2D eigenvalue weighted by molar-refractivity contribution is 4.49. The van der Waals surface area contributed by atoms with Gasteiger partial charge in [0.25, 0.3) is 0 Å². The summed E-state index contributed by atoms with van der Waals surface area (Å²) < 4.78 is 31.3. The molecule has 0 heterocycles. The highest BCUT2D eigenvalue weighted by Gasteiger charge is 2.02. The fraction of sp³-hybridized carbons (Fsp3) is 1.00. The van der Waals surface area contributed by atoms with E-state index in [2.05, 4.69) is 6.92 Å². The molecule has 0 radical (unpaired) electrons. The molecule has 20 heavy (non-hydrogen) atoms. The van der Waals surface area contributed by atoms with Crippen LogP contribution in [0.25, 0.3) is 0 Å². The average molecular weight is 294 g/mol. The minimum absolute atomic E-state index is 0.368. The van der Waals surface area contributed by atoms with Crippen LogP contribution in [0.1, 0.15) is 6.92 Å². The van der Waals surface area contributed by atoms with Crippen LogP contribution in [0.3, 0.4) is 0 Å². The lowest BCUT2D eigenvalue weighted by molar-refractivity contribution is -0.00959. The standard InChI is InChI=1S/C14H30O6/c1-14(12-19-10-8-17-6-4-15-2)13-20-11-9-18-7-5-16-3/h14H,4-13H2,1-3H3. The highest BCUT2D eigenvalue weighted by atomic mass is 16.5. The fourth-order valence-corrected chi connectivity index (χ4v) is 1.34. The molecule has 0 aromatic rings. The molecular formula is C14H30O6. The van der Waals surface area contributed by atoms with Crippen molar-refractivity contribution >= 4 is 0 Å². The summed E-state index contributed by atoms with van der Waals surface area (Å²) in [7, 11) is 3.31. The Balaban J connectivity index is 3.11. The summed E-state index contributed by atoms with van der Waals surface area (Å²) in [5.41, 5.74) is 0. The third-order valence-corrected chi connectivity index (χ3v) is 2.41. The SMILES string of the molecule is COCCOCCOCC(C)COCCOCCOC. The maximum absolute atomic E-state index is 5.49. The van der Waals surface area contributed by atoms with Gasteiger partial charge in [0.2, 0.25) is 0 Å². The Morgan fingerprint density at radius 2 is 0.900 bits per heavy atom. The Morgan fingerprint density at radius 3 is 1.30 bits per heavy atom. The molecule has 0 saturated heterocycles. The molecule has 0 N–H and O–H groups in total. The lowest BCUT2D eigenvalue weighted by atomic mass is 10.2. The predicted molar refractivity (Wildman–Crippen MR) is 76.2 cm³/mol. The molecule has 0 rings (SSSR count). The Morgan fingerprint density at radius 1 is 0.550 bits per heavy atom. The maximum atomic E-state index is 5.49. The zero-order valence-corrected chi connectivity index (χ0v) is 13.1. The summed E-state index contributed by atoms with van der Waals surface area (Å²) in [5, 5.41) is 0. The molecule has 6 nitrogen and oxygen atoms in total. The topological polar surface area (TPSA) is 55.4 Å². The molecule has 0 saturated carbocycles. The van der Waals surface area contributed by atoms with E-state index in [1.807, 2.05) is 0 Å². The van der Waals surface area contributed by atoms with Crippen LogP contribution in [0, 0.1) is 5.92 Å². The van der Waals surface area contributed by atoms with Crippen molar-refractivity contribution in [3.05, 3.63) is 0 Å². The zero-order valence-electron chi connectivity index (χ0n) is 13.1. The van der Waals surface area contributed by atoms with Crippen molar-refractivity contribution in [3.8, 4) is 0 Å². The second kappa shape index (κ2) is 16.8. The minimum Gasteiger partial charge on any atom is -0.382 e. The van der Waals surface area contributed by atoms with Crippen molar-refractivity contribution in [3.63, 3.8) is 0 Å². The van der Waals surface area contributed by atoms with Gasteiger partial charge in [-0.3, -0.25) is 0 Å². The van der Waals surface area contributed by atoms with Crippen molar-refractivity contribution in [1.29, 1.82) is 0 Å². The van der Waals surface area contributed by atoms with Gasteiger partial charge in [0, 0.05) is 20.1 Å². The first-order valence-corrected chi connectivity index (χ1v) is 7.10. The summed E-state index contributed by atoms with van der Waals surface area (Å²) in [4.78, 5) is 0. The van der Waals surface area contributed by atoms with Crippen LogP contribution in [-0.4, -0.2) is 80.3 Å². The van der Waals surface area contributed by atoms with Crippen LogP contribution in [-0.2, 0) is 28.4 Å². The van der Waals surface area contributed by atoms with Crippen molar-refractivity contribution < 1.29 is 28.4 Å². The summed E-state index contributed by atoms with van der Waals surface area (Å²) in [6.45, 7) is 8.33. The van der Waals surface area contributed by atoms with Gasteiger partial charge in [-0.1, -0.05) is 6.92 Å². The fourth-order valence-electron chi connectivity index (χ4n) is 1.34. The van der Waals surface area contributed by atoms with Gasteiger partial charge in [-0.25, -0.2) is 0 Å². The second-order valence-corrected chi connectivity index (χ2v) is 4.47. The molecular weight excluding hydrogens is 264 g/mol.